The van der Waals surface area contributed by atoms with Crippen molar-refractivity contribution in [3.05, 3.63) is 88.5 Å². The summed E-state index contributed by atoms with van der Waals surface area (Å²) in [4.78, 5) is 27.6. The monoisotopic (exact) mass is 465 g/mol. The lowest BCUT2D eigenvalue weighted by atomic mass is 9.94. The number of aliphatic hydroxyl groups excluding tert-OH is 1. The first-order valence-corrected chi connectivity index (χ1v) is 10.3. The average molecular weight is 466 g/mol. The van der Waals surface area contributed by atoms with Crippen LogP contribution in [0.15, 0.2) is 72.3 Å². The van der Waals surface area contributed by atoms with E-state index in [0.717, 1.165) is 0 Å². The summed E-state index contributed by atoms with van der Waals surface area (Å²) in [6.07, 6.45) is 0. The summed E-state index contributed by atoms with van der Waals surface area (Å²) in [5.41, 5.74) is 1.02. The number of methoxy groups -OCH3 is 2. The molecule has 0 radical (unpaired) electrons. The number of rotatable bonds is 5. The number of benzene rings is 3. The number of aliphatic hydroxyl groups is 1. The maximum Gasteiger partial charge on any atom is 0.300 e. The molecule has 0 saturated carbocycles. The fourth-order valence-corrected chi connectivity index (χ4v) is 4.02. The smallest absolute Gasteiger partial charge is 0.300 e. The Bertz CT molecular complexity index is 1270. The molecule has 3 aromatic carbocycles. The van der Waals surface area contributed by atoms with Gasteiger partial charge in [-0.15, -0.1) is 0 Å². The number of phenols is 1. The zero-order chi connectivity index (χ0) is 23.7. The van der Waals surface area contributed by atoms with Gasteiger partial charge in [0, 0.05) is 16.8 Å². The lowest BCUT2D eigenvalue weighted by Crippen LogP contribution is -2.29. The van der Waals surface area contributed by atoms with E-state index in [-0.39, 0.29) is 22.6 Å². The summed E-state index contributed by atoms with van der Waals surface area (Å²) in [5, 5.41) is 21.4. The summed E-state index contributed by atoms with van der Waals surface area (Å²) in [6, 6.07) is 16.4. The van der Waals surface area contributed by atoms with Crippen molar-refractivity contribution < 1.29 is 29.3 Å². The van der Waals surface area contributed by atoms with E-state index in [1.807, 2.05) is 0 Å². The molecule has 7 nitrogen and oxygen atoms in total. The fraction of sp³-hybridized carbons (Fsp3) is 0.120. The minimum atomic E-state index is -0.962. The Morgan fingerprint density at radius 2 is 1.70 bits per heavy atom. The zero-order valence-corrected chi connectivity index (χ0v) is 18.5. The maximum atomic E-state index is 13.2. The summed E-state index contributed by atoms with van der Waals surface area (Å²) >= 11 is 6.14. The van der Waals surface area contributed by atoms with Crippen LogP contribution in [0.2, 0.25) is 5.02 Å². The normalized spacial score (nSPS) is 17.3. The Morgan fingerprint density at radius 1 is 0.970 bits per heavy atom. The van der Waals surface area contributed by atoms with Gasteiger partial charge < -0.3 is 19.7 Å². The Labute approximate surface area is 195 Å². The van der Waals surface area contributed by atoms with Gasteiger partial charge in [-0.25, -0.2) is 0 Å². The van der Waals surface area contributed by atoms with Gasteiger partial charge in [-0.05, 0) is 48.0 Å². The molecule has 1 fully saturated rings. The van der Waals surface area contributed by atoms with Gasteiger partial charge in [0.05, 0.1) is 31.4 Å². The van der Waals surface area contributed by atoms with Crippen molar-refractivity contribution >= 4 is 34.7 Å². The number of ketones is 1. The Morgan fingerprint density at radius 3 is 2.33 bits per heavy atom. The molecule has 1 saturated heterocycles. The number of phenolic OH excluding ortho intramolecular Hbond substituents is 1. The highest BCUT2D eigenvalue weighted by Crippen LogP contribution is 2.44. The number of amides is 1. The predicted octanol–water partition coefficient (Wildman–Crippen LogP) is 4.69. The highest BCUT2D eigenvalue weighted by Gasteiger charge is 2.47. The van der Waals surface area contributed by atoms with Crippen molar-refractivity contribution in [2.24, 2.45) is 0 Å². The number of aromatic hydroxyl groups is 1. The van der Waals surface area contributed by atoms with E-state index < -0.39 is 23.5 Å². The van der Waals surface area contributed by atoms with Crippen LogP contribution in [0.5, 0.6) is 17.2 Å². The van der Waals surface area contributed by atoms with Gasteiger partial charge in [0.1, 0.15) is 23.0 Å². The quantitative estimate of drug-likeness (QED) is 0.322. The number of hydrogen-bond donors (Lipinski definition) is 2. The maximum absolute atomic E-state index is 13.2. The highest BCUT2D eigenvalue weighted by molar-refractivity contribution is 6.51. The van der Waals surface area contributed by atoms with Crippen LogP contribution < -0.4 is 14.4 Å². The molecule has 1 unspecified atom stereocenters. The number of ether oxygens (including phenoxy) is 2. The van der Waals surface area contributed by atoms with Crippen LogP contribution in [0, 0.1) is 0 Å². The van der Waals surface area contributed by atoms with E-state index in [2.05, 4.69) is 0 Å². The van der Waals surface area contributed by atoms with E-state index in [1.54, 1.807) is 54.6 Å². The lowest BCUT2D eigenvalue weighted by Gasteiger charge is -2.25. The van der Waals surface area contributed by atoms with E-state index in [4.69, 9.17) is 21.1 Å². The van der Waals surface area contributed by atoms with Crippen molar-refractivity contribution in [3.8, 4) is 17.2 Å². The molecule has 0 aromatic heterocycles. The average Bonchev–Trinajstić information content (AvgIpc) is 3.09. The number of halogens is 1. The van der Waals surface area contributed by atoms with Gasteiger partial charge in [-0.1, -0.05) is 29.8 Å². The standard InChI is InChI=1S/C25H20ClNO6/c1-32-18-10-11-19(20(13-18)33-2)23(29)21-22(14-6-8-17(28)9-7-14)27(25(31)24(21)30)16-5-3-4-15(26)12-16/h3-13,22,28-29H,1-2H3/b23-21-. The molecule has 1 aliphatic rings. The summed E-state index contributed by atoms with van der Waals surface area (Å²) in [5.74, 6) is -1.28. The number of carbonyl (C=O) groups excluding carboxylic acids is 2. The van der Waals surface area contributed by atoms with Crippen molar-refractivity contribution in [1.82, 2.24) is 0 Å². The van der Waals surface area contributed by atoms with Crippen LogP contribution in [0.4, 0.5) is 5.69 Å². The van der Waals surface area contributed by atoms with Gasteiger partial charge in [0.25, 0.3) is 11.7 Å². The number of nitrogens with zero attached hydrogens (tertiary/aromatic N) is 1. The number of anilines is 1. The molecular weight excluding hydrogens is 446 g/mol. The van der Waals surface area contributed by atoms with E-state index in [0.29, 0.717) is 22.0 Å². The SMILES string of the molecule is COc1ccc(/C(O)=C2/C(=O)C(=O)N(c3cccc(Cl)c3)C2c2ccc(O)cc2)c(OC)c1. The molecule has 2 N–H and O–H groups in total. The molecule has 1 heterocycles. The van der Waals surface area contributed by atoms with Crippen molar-refractivity contribution in [2.75, 3.05) is 19.1 Å². The minimum Gasteiger partial charge on any atom is -0.508 e. The van der Waals surface area contributed by atoms with Gasteiger partial charge in [-0.3, -0.25) is 14.5 Å². The van der Waals surface area contributed by atoms with Crippen LogP contribution in [0.25, 0.3) is 5.76 Å². The molecule has 3 aromatic rings. The first-order valence-electron chi connectivity index (χ1n) is 9.93. The van der Waals surface area contributed by atoms with Crippen LogP contribution in [0.3, 0.4) is 0 Å². The molecule has 0 aliphatic carbocycles. The van der Waals surface area contributed by atoms with Gasteiger partial charge >= 0.3 is 0 Å². The second-order valence-corrected chi connectivity index (χ2v) is 7.74. The molecule has 0 bridgehead atoms. The van der Waals surface area contributed by atoms with Crippen LogP contribution >= 0.6 is 11.6 Å². The molecule has 4 rings (SSSR count). The molecular formula is C25H20ClNO6. The largest absolute Gasteiger partial charge is 0.508 e. The van der Waals surface area contributed by atoms with Crippen molar-refractivity contribution in [3.63, 3.8) is 0 Å². The zero-order valence-electron chi connectivity index (χ0n) is 17.8. The van der Waals surface area contributed by atoms with Crippen LogP contribution in [0.1, 0.15) is 17.2 Å². The second-order valence-electron chi connectivity index (χ2n) is 7.31. The first kappa shape index (κ1) is 22.2. The summed E-state index contributed by atoms with van der Waals surface area (Å²) in [7, 11) is 2.92. The molecule has 0 spiro atoms. The van der Waals surface area contributed by atoms with E-state index in [1.165, 1.54) is 31.3 Å². The van der Waals surface area contributed by atoms with Gasteiger partial charge in [0.2, 0.25) is 0 Å². The third kappa shape index (κ3) is 3.99. The van der Waals surface area contributed by atoms with Gasteiger partial charge in [0.15, 0.2) is 0 Å². The molecule has 8 heteroatoms. The Hall–Kier alpha value is -3.97. The summed E-state index contributed by atoms with van der Waals surface area (Å²) in [6.45, 7) is 0. The molecule has 1 aliphatic heterocycles. The third-order valence-corrected chi connectivity index (χ3v) is 5.64. The summed E-state index contributed by atoms with van der Waals surface area (Å²) < 4.78 is 10.6. The predicted molar refractivity (Wildman–Crippen MR) is 124 cm³/mol. The fourth-order valence-electron chi connectivity index (χ4n) is 3.84. The molecule has 33 heavy (non-hydrogen) atoms. The van der Waals surface area contributed by atoms with Crippen molar-refractivity contribution in [2.45, 2.75) is 6.04 Å². The van der Waals surface area contributed by atoms with Gasteiger partial charge in [-0.2, -0.15) is 0 Å². The minimum absolute atomic E-state index is 0.0234. The molecule has 1 amide bonds. The number of carbonyl (C=O) groups is 2. The van der Waals surface area contributed by atoms with Crippen molar-refractivity contribution in [1.29, 1.82) is 0 Å². The number of Topliss-reactive ketones (excluding diaryl/α,β-unsaturated/α-hetero) is 1. The number of hydrogen-bond acceptors (Lipinski definition) is 6. The molecule has 168 valence electrons. The third-order valence-electron chi connectivity index (χ3n) is 5.40. The highest BCUT2D eigenvalue weighted by atomic mass is 35.5. The Kier molecular flexibility index (Phi) is 5.98. The molecule has 1 atom stereocenters. The van der Waals surface area contributed by atoms with Crippen LogP contribution in [-0.4, -0.2) is 36.1 Å². The topological polar surface area (TPSA) is 96.3 Å². The lowest BCUT2D eigenvalue weighted by molar-refractivity contribution is -0.132. The van der Waals surface area contributed by atoms with Crippen LogP contribution in [-0.2, 0) is 9.59 Å². The second kappa shape index (κ2) is 8.88. The first-order chi connectivity index (χ1) is 15.8. The van der Waals surface area contributed by atoms with E-state index >= 15 is 0 Å². The van der Waals surface area contributed by atoms with E-state index in [9.17, 15) is 19.8 Å². The Balaban J connectivity index is 1.97.